The Labute approximate surface area is 128 Å². The van der Waals surface area contributed by atoms with Gasteiger partial charge in [-0.25, -0.2) is 9.78 Å². The number of aromatic nitrogens is 1. The number of carbonyl (C=O) groups is 1. The SMILES string of the molecule is O=C(Nc1ncc(-c2ccccc2)s1)N1CCC[NH2+]CC1. The molecule has 1 fully saturated rings. The van der Waals surface area contributed by atoms with Crippen LogP contribution in [0.4, 0.5) is 9.93 Å². The fraction of sp³-hybridized carbons (Fsp3) is 0.333. The Balaban J connectivity index is 1.65. The summed E-state index contributed by atoms with van der Waals surface area (Å²) in [5, 5.41) is 5.82. The molecule has 0 radical (unpaired) electrons. The molecule has 0 unspecified atom stereocenters. The summed E-state index contributed by atoms with van der Waals surface area (Å²) < 4.78 is 0. The Hall–Kier alpha value is -1.92. The van der Waals surface area contributed by atoms with Crippen molar-refractivity contribution in [3.63, 3.8) is 0 Å². The van der Waals surface area contributed by atoms with E-state index in [1.54, 1.807) is 0 Å². The molecule has 1 aliphatic heterocycles. The van der Waals surface area contributed by atoms with E-state index in [0.717, 1.165) is 43.0 Å². The molecule has 3 N–H and O–H groups in total. The van der Waals surface area contributed by atoms with E-state index in [1.807, 2.05) is 41.4 Å². The van der Waals surface area contributed by atoms with E-state index in [-0.39, 0.29) is 6.03 Å². The topological polar surface area (TPSA) is 61.8 Å². The fourth-order valence-electron chi connectivity index (χ4n) is 2.37. The number of carbonyl (C=O) groups excluding carboxylic acids is 1. The van der Waals surface area contributed by atoms with E-state index in [9.17, 15) is 4.79 Å². The van der Waals surface area contributed by atoms with Gasteiger partial charge in [0.25, 0.3) is 0 Å². The summed E-state index contributed by atoms with van der Waals surface area (Å²) in [5.41, 5.74) is 1.12. The molecule has 6 heteroatoms. The lowest BCUT2D eigenvalue weighted by Crippen LogP contribution is -2.84. The summed E-state index contributed by atoms with van der Waals surface area (Å²) in [4.78, 5) is 19.5. The van der Waals surface area contributed by atoms with Crippen LogP contribution in [-0.4, -0.2) is 42.1 Å². The minimum atomic E-state index is -0.0424. The number of quaternary nitrogens is 1. The zero-order chi connectivity index (χ0) is 14.5. The van der Waals surface area contributed by atoms with Gasteiger partial charge in [0.2, 0.25) is 0 Å². The van der Waals surface area contributed by atoms with Gasteiger partial charge in [0, 0.05) is 19.2 Å². The van der Waals surface area contributed by atoms with Gasteiger partial charge in [-0.3, -0.25) is 5.32 Å². The fourth-order valence-corrected chi connectivity index (χ4v) is 3.18. The first-order valence-corrected chi connectivity index (χ1v) is 8.03. The lowest BCUT2D eigenvalue weighted by atomic mass is 10.2. The molecule has 3 rings (SSSR count). The van der Waals surface area contributed by atoms with Crippen molar-refractivity contribution in [2.24, 2.45) is 0 Å². The first kappa shape index (κ1) is 14.0. The number of nitrogens with two attached hydrogens (primary N) is 1. The second-order valence-electron chi connectivity index (χ2n) is 5.03. The Morgan fingerprint density at radius 1 is 1.24 bits per heavy atom. The minimum absolute atomic E-state index is 0.0424. The lowest BCUT2D eigenvalue weighted by Gasteiger charge is -2.18. The molecule has 0 bridgehead atoms. The standard InChI is InChI=1S/C15H18N4OS/c20-15(19-9-4-7-16-8-10-19)18-14-17-11-13(21-14)12-5-2-1-3-6-12/h1-3,5-6,11,16H,4,7-10H2,(H,17,18,20)/p+1. The molecule has 5 nitrogen and oxygen atoms in total. The molecule has 1 saturated heterocycles. The van der Waals surface area contributed by atoms with Gasteiger partial charge >= 0.3 is 6.03 Å². The summed E-state index contributed by atoms with van der Waals surface area (Å²) in [6, 6.07) is 10.0. The van der Waals surface area contributed by atoms with Crippen LogP contribution in [-0.2, 0) is 0 Å². The average molecular weight is 303 g/mol. The molecule has 1 aliphatic rings. The van der Waals surface area contributed by atoms with Gasteiger partial charge < -0.3 is 10.2 Å². The number of urea groups is 1. The molecule has 0 atom stereocenters. The van der Waals surface area contributed by atoms with E-state index in [1.165, 1.54) is 11.3 Å². The number of amides is 2. The van der Waals surface area contributed by atoms with Crippen LogP contribution in [0.2, 0.25) is 0 Å². The quantitative estimate of drug-likeness (QED) is 0.885. The largest absolute Gasteiger partial charge is 0.345 e. The first-order chi connectivity index (χ1) is 10.3. The van der Waals surface area contributed by atoms with Gasteiger partial charge in [-0.2, -0.15) is 0 Å². The number of nitrogens with zero attached hydrogens (tertiary/aromatic N) is 2. The molecule has 2 heterocycles. The van der Waals surface area contributed by atoms with Gasteiger partial charge in [0.05, 0.1) is 24.5 Å². The highest BCUT2D eigenvalue weighted by Gasteiger charge is 2.17. The van der Waals surface area contributed by atoms with Crippen molar-refractivity contribution in [3.05, 3.63) is 36.5 Å². The van der Waals surface area contributed by atoms with Crippen molar-refractivity contribution < 1.29 is 10.1 Å². The summed E-state index contributed by atoms with van der Waals surface area (Å²) in [7, 11) is 0. The van der Waals surface area contributed by atoms with Crippen molar-refractivity contribution in [1.29, 1.82) is 0 Å². The third-order valence-electron chi connectivity index (χ3n) is 3.50. The average Bonchev–Trinajstić information content (AvgIpc) is 2.81. The predicted octanol–water partition coefficient (Wildman–Crippen LogP) is 1.61. The van der Waals surface area contributed by atoms with Crippen molar-refractivity contribution in [2.45, 2.75) is 6.42 Å². The van der Waals surface area contributed by atoms with Gasteiger partial charge in [0.1, 0.15) is 0 Å². The van der Waals surface area contributed by atoms with Crippen molar-refractivity contribution in [3.8, 4) is 10.4 Å². The molecule has 21 heavy (non-hydrogen) atoms. The van der Waals surface area contributed by atoms with Gasteiger partial charge in [-0.05, 0) is 5.56 Å². The van der Waals surface area contributed by atoms with E-state index >= 15 is 0 Å². The van der Waals surface area contributed by atoms with Crippen molar-refractivity contribution >= 4 is 22.5 Å². The van der Waals surface area contributed by atoms with Crippen LogP contribution in [0.3, 0.4) is 0 Å². The maximum Gasteiger partial charge on any atom is 0.323 e. The van der Waals surface area contributed by atoms with E-state index in [0.29, 0.717) is 5.13 Å². The Kier molecular flexibility index (Phi) is 4.47. The van der Waals surface area contributed by atoms with Crippen LogP contribution < -0.4 is 10.6 Å². The Morgan fingerprint density at radius 3 is 2.95 bits per heavy atom. The van der Waals surface area contributed by atoms with Crippen LogP contribution in [0.5, 0.6) is 0 Å². The summed E-state index contributed by atoms with van der Waals surface area (Å²) in [6.45, 7) is 3.68. The second-order valence-corrected chi connectivity index (χ2v) is 6.06. The smallest absolute Gasteiger partial charge is 0.323 e. The van der Waals surface area contributed by atoms with Crippen molar-refractivity contribution in [2.75, 3.05) is 31.5 Å². The Morgan fingerprint density at radius 2 is 2.10 bits per heavy atom. The lowest BCUT2D eigenvalue weighted by molar-refractivity contribution is -0.651. The number of hydrogen-bond acceptors (Lipinski definition) is 3. The van der Waals surface area contributed by atoms with Crippen LogP contribution in [0.1, 0.15) is 6.42 Å². The molecule has 0 spiro atoms. The minimum Gasteiger partial charge on any atom is -0.345 e. The molecule has 0 aliphatic carbocycles. The summed E-state index contributed by atoms with van der Waals surface area (Å²) >= 11 is 1.51. The van der Waals surface area contributed by atoms with E-state index in [2.05, 4.69) is 15.6 Å². The van der Waals surface area contributed by atoms with Crippen LogP contribution in [0.25, 0.3) is 10.4 Å². The third-order valence-corrected chi connectivity index (χ3v) is 4.47. The molecule has 0 saturated carbocycles. The number of hydrogen-bond donors (Lipinski definition) is 2. The molecular weight excluding hydrogens is 284 g/mol. The van der Waals surface area contributed by atoms with Gasteiger partial charge in [0.15, 0.2) is 5.13 Å². The van der Waals surface area contributed by atoms with Crippen molar-refractivity contribution in [1.82, 2.24) is 9.88 Å². The monoisotopic (exact) mass is 303 g/mol. The first-order valence-electron chi connectivity index (χ1n) is 7.22. The third kappa shape index (κ3) is 3.59. The van der Waals surface area contributed by atoms with Crippen LogP contribution >= 0.6 is 11.3 Å². The number of rotatable bonds is 2. The Bertz CT molecular complexity index is 591. The number of benzene rings is 1. The summed E-state index contributed by atoms with van der Waals surface area (Å²) in [6.07, 6.45) is 2.85. The normalized spacial score (nSPS) is 15.5. The van der Waals surface area contributed by atoms with E-state index in [4.69, 9.17) is 0 Å². The molecule has 2 aromatic rings. The zero-order valence-corrected chi connectivity index (χ0v) is 12.6. The zero-order valence-electron chi connectivity index (χ0n) is 11.8. The summed E-state index contributed by atoms with van der Waals surface area (Å²) in [5.74, 6) is 0. The molecule has 1 aromatic heterocycles. The molecule has 110 valence electrons. The van der Waals surface area contributed by atoms with Crippen LogP contribution in [0, 0.1) is 0 Å². The van der Waals surface area contributed by atoms with Crippen LogP contribution in [0.15, 0.2) is 36.5 Å². The maximum absolute atomic E-state index is 12.2. The highest BCUT2D eigenvalue weighted by atomic mass is 32.1. The second kappa shape index (κ2) is 6.69. The predicted molar refractivity (Wildman–Crippen MR) is 84.4 cm³/mol. The molecular formula is C15H19N4OS+. The van der Waals surface area contributed by atoms with Gasteiger partial charge in [-0.1, -0.05) is 41.7 Å². The van der Waals surface area contributed by atoms with E-state index < -0.39 is 0 Å². The highest BCUT2D eigenvalue weighted by molar-refractivity contribution is 7.19. The number of anilines is 1. The maximum atomic E-state index is 12.2. The molecule has 2 amide bonds. The number of nitrogens with one attached hydrogen (secondary N) is 1. The molecule has 1 aromatic carbocycles. The highest BCUT2D eigenvalue weighted by Crippen LogP contribution is 2.28. The van der Waals surface area contributed by atoms with Gasteiger partial charge in [-0.15, -0.1) is 0 Å². The number of thiazole rings is 1.